The fourth-order valence-electron chi connectivity index (χ4n) is 6.01. The van der Waals surface area contributed by atoms with Gasteiger partial charge in [0.15, 0.2) is 6.35 Å². The Labute approximate surface area is 174 Å². The summed E-state index contributed by atoms with van der Waals surface area (Å²) in [6.07, 6.45) is 14.7. The van der Waals surface area contributed by atoms with Crippen LogP contribution in [0.2, 0.25) is 0 Å². The summed E-state index contributed by atoms with van der Waals surface area (Å²) in [4.78, 5) is 26.6. The number of hydrogen-bond donors (Lipinski definition) is 3. The fraction of sp³-hybridized carbons (Fsp3) is 0.826. The summed E-state index contributed by atoms with van der Waals surface area (Å²) in [5.74, 6) is 2.17. The van der Waals surface area contributed by atoms with Crippen LogP contribution in [0.5, 0.6) is 0 Å². The molecule has 6 heteroatoms. The zero-order valence-corrected chi connectivity index (χ0v) is 17.8. The molecule has 4 aliphatic rings. The van der Waals surface area contributed by atoms with Crippen LogP contribution in [0, 0.1) is 17.8 Å². The van der Waals surface area contributed by atoms with E-state index in [0.717, 1.165) is 37.8 Å². The van der Waals surface area contributed by atoms with Gasteiger partial charge in [-0.2, -0.15) is 0 Å². The molecule has 3 fully saturated rings. The molecular weight excluding hydrogens is 366 g/mol. The molecule has 0 aromatic heterocycles. The molecule has 0 bridgehead atoms. The summed E-state index contributed by atoms with van der Waals surface area (Å²) in [6.45, 7) is 3.22. The van der Waals surface area contributed by atoms with Crippen molar-refractivity contribution in [3.8, 4) is 0 Å². The third kappa shape index (κ3) is 4.69. The Kier molecular flexibility index (Phi) is 6.30. The minimum atomic E-state index is -1.07. The average Bonchev–Trinajstić information content (AvgIpc) is 2.99. The maximum atomic E-state index is 12.7. The van der Waals surface area contributed by atoms with E-state index in [1.807, 2.05) is 4.90 Å². The molecule has 0 aromatic carbocycles. The molecule has 2 aliphatic carbocycles. The van der Waals surface area contributed by atoms with E-state index in [2.05, 4.69) is 16.7 Å². The normalized spacial score (nSPS) is 34.8. The molecule has 162 valence electrons. The van der Waals surface area contributed by atoms with Crippen molar-refractivity contribution in [2.45, 2.75) is 89.4 Å². The number of amides is 2. The number of allylic oxidation sites excluding steroid dienone is 2. The van der Waals surface area contributed by atoms with Crippen molar-refractivity contribution in [1.29, 1.82) is 0 Å². The van der Waals surface area contributed by atoms with E-state index in [4.69, 9.17) is 0 Å². The zero-order chi connectivity index (χ0) is 20.4. The molecule has 3 N–H and O–H groups in total. The van der Waals surface area contributed by atoms with Crippen molar-refractivity contribution >= 4 is 11.8 Å². The van der Waals surface area contributed by atoms with Crippen LogP contribution in [0.25, 0.3) is 0 Å². The van der Waals surface area contributed by atoms with Gasteiger partial charge in [-0.3, -0.25) is 14.9 Å². The Morgan fingerprint density at radius 2 is 1.86 bits per heavy atom. The summed E-state index contributed by atoms with van der Waals surface area (Å²) >= 11 is 0. The van der Waals surface area contributed by atoms with Crippen molar-refractivity contribution in [2.24, 2.45) is 17.8 Å². The lowest BCUT2D eigenvalue weighted by Gasteiger charge is -2.37. The number of piperidine rings is 1. The number of likely N-dealkylation sites (tertiary alicyclic amines) is 1. The molecule has 2 heterocycles. The Hall–Kier alpha value is -1.40. The molecule has 2 amide bonds. The zero-order valence-electron chi connectivity index (χ0n) is 17.8. The minimum Gasteiger partial charge on any atom is -0.361 e. The highest BCUT2D eigenvalue weighted by Crippen LogP contribution is 2.40. The first-order valence-corrected chi connectivity index (χ1v) is 11.7. The summed E-state index contributed by atoms with van der Waals surface area (Å²) in [5, 5.41) is 14.8. The lowest BCUT2D eigenvalue weighted by atomic mass is 9.72. The van der Waals surface area contributed by atoms with Gasteiger partial charge in [-0.1, -0.05) is 43.8 Å². The van der Waals surface area contributed by atoms with Gasteiger partial charge in [-0.15, -0.1) is 0 Å². The molecule has 4 rings (SSSR count). The predicted molar refractivity (Wildman–Crippen MR) is 112 cm³/mol. The Bertz CT molecular complexity index is 650. The Morgan fingerprint density at radius 3 is 2.45 bits per heavy atom. The monoisotopic (exact) mass is 403 g/mol. The van der Waals surface area contributed by atoms with Gasteiger partial charge < -0.3 is 15.3 Å². The van der Waals surface area contributed by atoms with Crippen LogP contribution in [0.4, 0.5) is 0 Å². The molecule has 0 spiro atoms. The summed E-state index contributed by atoms with van der Waals surface area (Å²) < 4.78 is 0. The van der Waals surface area contributed by atoms with E-state index >= 15 is 0 Å². The number of nitrogens with zero attached hydrogens (tertiary/aromatic N) is 1. The first kappa shape index (κ1) is 20.9. The van der Waals surface area contributed by atoms with E-state index in [1.54, 1.807) is 12.5 Å². The number of hydrogen-bond acceptors (Lipinski definition) is 4. The molecule has 29 heavy (non-hydrogen) atoms. The maximum Gasteiger partial charge on any atom is 0.243 e. The van der Waals surface area contributed by atoms with Crippen LogP contribution in [0.3, 0.4) is 0 Å². The van der Waals surface area contributed by atoms with Crippen LogP contribution in [-0.2, 0) is 9.59 Å². The van der Waals surface area contributed by atoms with Gasteiger partial charge in [0, 0.05) is 13.1 Å². The first-order chi connectivity index (χ1) is 13.9. The highest BCUT2D eigenvalue weighted by Gasteiger charge is 2.44. The lowest BCUT2D eigenvalue weighted by Crippen LogP contribution is -2.50. The number of aliphatic hydroxyl groups is 1. The highest BCUT2D eigenvalue weighted by atomic mass is 16.3. The predicted octanol–water partition coefficient (Wildman–Crippen LogP) is 2.68. The van der Waals surface area contributed by atoms with Crippen molar-refractivity contribution < 1.29 is 14.7 Å². The molecule has 2 saturated heterocycles. The second-order valence-corrected chi connectivity index (χ2v) is 9.90. The summed E-state index contributed by atoms with van der Waals surface area (Å²) in [6, 6.07) is 0. The average molecular weight is 404 g/mol. The van der Waals surface area contributed by atoms with E-state index in [-0.39, 0.29) is 18.2 Å². The molecular formula is C23H37N3O3. The second-order valence-electron chi connectivity index (χ2n) is 9.90. The van der Waals surface area contributed by atoms with Crippen LogP contribution in [0.15, 0.2) is 11.6 Å². The lowest BCUT2D eigenvalue weighted by molar-refractivity contribution is -0.137. The maximum absolute atomic E-state index is 12.7. The molecule has 6 nitrogen and oxygen atoms in total. The summed E-state index contributed by atoms with van der Waals surface area (Å²) in [5.41, 5.74) is 0.615. The Morgan fingerprint density at radius 1 is 1.14 bits per heavy atom. The minimum absolute atomic E-state index is 0.00214. The quantitative estimate of drug-likeness (QED) is 0.631. The van der Waals surface area contributed by atoms with Gasteiger partial charge >= 0.3 is 0 Å². The topological polar surface area (TPSA) is 81.7 Å². The van der Waals surface area contributed by atoms with Crippen molar-refractivity contribution in [2.75, 3.05) is 13.1 Å². The van der Waals surface area contributed by atoms with E-state index in [0.29, 0.717) is 5.92 Å². The second kappa shape index (κ2) is 8.76. The van der Waals surface area contributed by atoms with Gasteiger partial charge in [0.25, 0.3) is 0 Å². The summed E-state index contributed by atoms with van der Waals surface area (Å²) in [7, 11) is 0. The third-order valence-electron chi connectivity index (χ3n) is 7.90. The van der Waals surface area contributed by atoms with Crippen LogP contribution >= 0.6 is 0 Å². The van der Waals surface area contributed by atoms with Gasteiger partial charge in [0.05, 0.1) is 6.42 Å². The van der Waals surface area contributed by atoms with Gasteiger partial charge in [-0.25, -0.2) is 0 Å². The largest absolute Gasteiger partial charge is 0.361 e. The van der Waals surface area contributed by atoms with Crippen molar-refractivity contribution in [1.82, 2.24) is 15.5 Å². The standard InChI is InChI=1S/C23H37N3O3/c1-23(21(28)24-22(29)25-23)15-20(27)26-13-11-19(12-14-26)18-9-7-17(8-10-18)16-5-3-2-4-6-16/h9,16-17,19,22,25,29H,2-8,10-15H2,1H3,(H,24,28). The van der Waals surface area contributed by atoms with Crippen molar-refractivity contribution in [3.05, 3.63) is 11.6 Å². The molecule has 3 unspecified atom stereocenters. The third-order valence-corrected chi connectivity index (χ3v) is 7.90. The van der Waals surface area contributed by atoms with E-state index < -0.39 is 11.9 Å². The first-order valence-electron chi connectivity index (χ1n) is 11.7. The van der Waals surface area contributed by atoms with Gasteiger partial charge in [-0.05, 0) is 56.8 Å². The SMILES string of the molecule is CC1(CC(=O)N2CCC(C3=CCC(C4CCCCC4)CC3)CC2)NC(O)NC1=O. The molecule has 2 aliphatic heterocycles. The van der Waals surface area contributed by atoms with Gasteiger partial charge in [0.1, 0.15) is 5.54 Å². The molecule has 0 radical (unpaired) electrons. The van der Waals surface area contributed by atoms with Crippen LogP contribution in [0.1, 0.15) is 77.6 Å². The van der Waals surface area contributed by atoms with Crippen LogP contribution < -0.4 is 10.6 Å². The number of carbonyl (C=O) groups is 2. The number of nitrogens with one attached hydrogen (secondary N) is 2. The highest BCUT2D eigenvalue weighted by molar-refractivity contribution is 5.93. The van der Waals surface area contributed by atoms with E-state index in [1.165, 1.54) is 51.4 Å². The smallest absolute Gasteiger partial charge is 0.243 e. The van der Waals surface area contributed by atoms with Gasteiger partial charge in [0.2, 0.25) is 11.8 Å². The van der Waals surface area contributed by atoms with E-state index in [9.17, 15) is 14.7 Å². The molecule has 1 saturated carbocycles. The van der Waals surface area contributed by atoms with Crippen molar-refractivity contribution in [3.63, 3.8) is 0 Å². The van der Waals surface area contributed by atoms with Crippen LogP contribution in [-0.4, -0.2) is 46.8 Å². The number of aliphatic hydroxyl groups excluding tert-OH is 1. The Balaban J connectivity index is 1.25. The number of rotatable bonds is 4. The molecule has 3 atom stereocenters. The fourth-order valence-corrected chi connectivity index (χ4v) is 6.01. The number of carbonyl (C=O) groups excluding carboxylic acids is 2. The molecule has 0 aromatic rings.